The van der Waals surface area contributed by atoms with Gasteiger partial charge >= 0.3 is 0 Å². The quantitative estimate of drug-likeness (QED) is 0.534. The molecule has 2 aromatic rings. The van der Waals surface area contributed by atoms with Gasteiger partial charge in [0.25, 0.3) is 17.3 Å². The molecule has 1 saturated heterocycles. The topological polar surface area (TPSA) is 136 Å². The molecule has 2 aromatic carbocycles. The summed E-state index contributed by atoms with van der Waals surface area (Å²) in [6, 6.07) is 10.1. The van der Waals surface area contributed by atoms with Crippen LogP contribution in [-0.2, 0) is 11.2 Å². The maximum atomic E-state index is 13.0. The molecular weight excluding hydrogens is 404 g/mol. The summed E-state index contributed by atoms with van der Waals surface area (Å²) >= 11 is 0. The van der Waals surface area contributed by atoms with Gasteiger partial charge in [-0.3, -0.25) is 29.8 Å². The Labute approximate surface area is 178 Å². The Morgan fingerprint density at radius 2 is 1.71 bits per heavy atom. The van der Waals surface area contributed by atoms with Crippen LogP contribution in [0.1, 0.15) is 34.3 Å². The van der Waals surface area contributed by atoms with E-state index < -0.39 is 33.2 Å². The Kier molecular flexibility index (Phi) is 6.58. The summed E-state index contributed by atoms with van der Waals surface area (Å²) < 4.78 is 0. The molecule has 1 atom stereocenters. The van der Waals surface area contributed by atoms with Crippen LogP contribution < -0.4 is 5.32 Å². The summed E-state index contributed by atoms with van der Waals surface area (Å²) in [6.45, 7) is 2.55. The molecule has 0 bridgehead atoms. The minimum Gasteiger partial charge on any atom is -0.341 e. The van der Waals surface area contributed by atoms with E-state index in [1.54, 1.807) is 4.90 Å². The first-order valence-electron chi connectivity index (χ1n) is 9.85. The molecule has 0 aliphatic carbocycles. The number of carbonyl (C=O) groups excluding carboxylic acids is 2. The van der Waals surface area contributed by atoms with Crippen LogP contribution in [0.25, 0.3) is 0 Å². The third-order valence-corrected chi connectivity index (χ3v) is 5.32. The highest BCUT2D eigenvalue weighted by atomic mass is 16.6. The van der Waals surface area contributed by atoms with Crippen LogP contribution in [0.4, 0.5) is 11.4 Å². The second kappa shape index (κ2) is 9.33. The monoisotopic (exact) mass is 426 g/mol. The second-order valence-corrected chi connectivity index (χ2v) is 7.40. The number of carbonyl (C=O) groups is 2. The fraction of sp³-hybridized carbons (Fsp3) is 0.333. The lowest BCUT2D eigenvalue weighted by Gasteiger charge is -2.24. The highest BCUT2D eigenvalue weighted by Gasteiger charge is 2.31. The van der Waals surface area contributed by atoms with Crippen molar-refractivity contribution in [1.29, 1.82) is 0 Å². The lowest BCUT2D eigenvalue weighted by Crippen LogP contribution is -2.49. The molecule has 10 nitrogen and oxygen atoms in total. The van der Waals surface area contributed by atoms with Gasteiger partial charge in [0.1, 0.15) is 6.04 Å². The molecule has 0 saturated carbocycles. The normalized spacial score (nSPS) is 14.2. The van der Waals surface area contributed by atoms with Crippen molar-refractivity contribution in [3.05, 3.63) is 79.4 Å². The molecule has 1 unspecified atom stereocenters. The lowest BCUT2D eigenvalue weighted by molar-refractivity contribution is -0.394. The first kappa shape index (κ1) is 21.9. The van der Waals surface area contributed by atoms with Crippen LogP contribution in [0.15, 0.2) is 42.5 Å². The van der Waals surface area contributed by atoms with Gasteiger partial charge in [-0.05, 0) is 25.3 Å². The zero-order valence-corrected chi connectivity index (χ0v) is 16.9. The van der Waals surface area contributed by atoms with Crippen molar-refractivity contribution in [1.82, 2.24) is 10.2 Å². The van der Waals surface area contributed by atoms with Crippen molar-refractivity contribution < 1.29 is 19.4 Å². The SMILES string of the molecule is Cc1c(C(=O)NC(Cc2ccccc2)C(=O)N2CCCC2)cc([N+](=O)[O-])cc1[N+](=O)[O-]. The van der Waals surface area contributed by atoms with Gasteiger partial charge in [0.05, 0.1) is 21.5 Å². The minimum atomic E-state index is -0.897. The standard InChI is InChI=1S/C21H22N4O6/c1-14-17(12-16(24(28)29)13-19(14)25(30)31)20(26)22-18(11-15-7-3-2-4-8-15)21(27)23-9-5-6-10-23/h2-4,7-8,12-13,18H,5-6,9-11H2,1H3,(H,22,26). The summed E-state index contributed by atoms with van der Waals surface area (Å²) in [7, 11) is 0. The van der Waals surface area contributed by atoms with Crippen molar-refractivity contribution in [2.75, 3.05) is 13.1 Å². The molecule has 1 heterocycles. The third kappa shape index (κ3) is 5.03. The fourth-order valence-electron chi connectivity index (χ4n) is 3.66. The molecule has 3 rings (SSSR count). The number of hydrogen-bond donors (Lipinski definition) is 1. The molecule has 0 radical (unpaired) electrons. The van der Waals surface area contributed by atoms with Crippen molar-refractivity contribution in [3.63, 3.8) is 0 Å². The van der Waals surface area contributed by atoms with E-state index in [0.717, 1.165) is 30.5 Å². The van der Waals surface area contributed by atoms with E-state index in [-0.39, 0.29) is 23.5 Å². The maximum Gasteiger partial charge on any atom is 0.279 e. The number of nitrogens with one attached hydrogen (secondary N) is 1. The Morgan fingerprint density at radius 3 is 2.29 bits per heavy atom. The maximum absolute atomic E-state index is 13.0. The van der Waals surface area contributed by atoms with Gasteiger partial charge in [-0.25, -0.2) is 0 Å². The summed E-state index contributed by atoms with van der Waals surface area (Å²) in [5.41, 5.74) is -0.451. The second-order valence-electron chi connectivity index (χ2n) is 7.40. The van der Waals surface area contributed by atoms with Crippen LogP contribution in [0.3, 0.4) is 0 Å². The molecule has 0 aromatic heterocycles. The van der Waals surface area contributed by atoms with Gasteiger partial charge in [0.2, 0.25) is 5.91 Å². The number of nitro benzene ring substituents is 2. The number of nitrogens with zero attached hydrogens (tertiary/aromatic N) is 3. The summed E-state index contributed by atoms with van der Waals surface area (Å²) in [5, 5.41) is 25.2. The lowest BCUT2D eigenvalue weighted by atomic mass is 10.0. The van der Waals surface area contributed by atoms with Crippen LogP contribution >= 0.6 is 0 Å². The van der Waals surface area contributed by atoms with Gasteiger partial charge in [0, 0.05) is 31.1 Å². The molecule has 1 fully saturated rings. The van der Waals surface area contributed by atoms with Gasteiger partial charge in [-0.15, -0.1) is 0 Å². The molecule has 1 aliphatic rings. The third-order valence-electron chi connectivity index (χ3n) is 5.32. The summed E-state index contributed by atoms with van der Waals surface area (Å²) in [5.74, 6) is -1.01. The van der Waals surface area contributed by atoms with E-state index in [9.17, 15) is 29.8 Å². The van der Waals surface area contributed by atoms with Crippen LogP contribution in [0, 0.1) is 27.2 Å². The number of benzene rings is 2. The molecule has 10 heteroatoms. The van der Waals surface area contributed by atoms with E-state index in [2.05, 4.69) is 5.32 Å². The average molecular weight is 426 g/mol. The number of hydrogen-bond acceptors (Lipinski definition) is 6. The molecule has 1 aliphatic heterocycles. The zero-order valence-electron chi connectivity index (χ0n) is 16.9. The number of nitro groups is 2. The Morgan fingerprint density at radius 1 is 1.06 bits per heavy atom. The van der Waals surface area contributed by atoms with Gasteiger partial charge in [-0.1, -0.05) is 30.3 Å². The number of amides is 2. The van der Waals surface area contributed by atoms with E-state index in [1.807, 2.05) is 30.3 Å². The van der Waals surface area contributed by atoms with Crippen LogP contribution in [0.2, 0.25) is 0 Å². The highest BCUT2D eigenvalue weighted by molar-refractivity contribution is 6.00. The Balaban J connectivity index is 1.93. The molecule has 162 valence electrons. The van der Waals surface area contributed by atoms with E-state index in [4.69, 9.17) is 0 Å². The van der Waals surface area contributed by atoms with Gasteiger partial charge in [0.15, 0.2) is 0 Å². The van der Waals surface area contributed by atoms with Crippen molar-refractivity contribution in [2.24, 2.45) is 0 Å². The highest BCUT2D eigenvalue weighted by Crippen LogP contribution is 2.28. The van der Waals surface area contributed by atoms with E-state index >= 15 is 0 Å². The summed E-state index contributed by atoms with van der Waals surface area (Å²) in [6.07, 6.45) is 2.00. The first-order valence-corrected chi connectivity index (χ1v) is 9.85. The molecule has 31 heavy (non-hydrogen) atoms. The zero-order chi connectivity index (χ0) is 22.5. The van der Waals surface area contributed by atoms with Crippen LogP contribution in [0.5, 0.6) is 0 Å². The summed E-state index contributed by atoms with van der Waals surface area (Å²) in [4.78, 5) is 48.7. The van der Waals surface area contributed by atoms with Gasteiger partial charge in [-0.2, -0.15) is 0 Å². The Hall–Kier alpha value is -3.82. The van der Waals surface area contributed by atoms with Crippen molar-refractivity contribution in [3.8, 4) is 0 Å². The molecule has 1 N–H and O–H groups in total. The average Bonchev–Trinajstić information content (AvgIpc) is 3.28. The van der Waals surface area contributed by atoms with Gasteiger partial charge < -0.3 is 10.2 Å². The number of likely N-dealkylation sites (tertiary alicyclic amines) is 1. The predicted molar refractivity (Wildman–Crippen MR) is 112 cm³/mol. The fourth-order valence-corrected chi connectivity index (χ4v) is 3.66. The first-order chi connectivity index (χ1) is 14.8. The largest absolute Gasteiger partial charge is 0.341 e. The smallest absolute Gasteiger partial charge is 0.279 e. The minimum absolute atomic E-state index is 0.000169. The number of rotatable bonds is 7. The molecule has 0 spiro atoms. The van der Waals surface area contributed by atoms with Crippen LogP contribution in [-0.4, -0.2) is 45.7 Å². The van der Waals surface area contributed by atoms with E-state index in [1.165, 1.54) is 6.92 Å². The predicted octanol–water partition coefficient (Wildman–Crippen LogP) is 2.77. The van der Waals surface area contributed by atoms with Crippen molar-refractivity contribution in [2.45, 2.75) is 32.2 Å². The Bertz CT molecular complexity index is 1020. The molecular formula is C21H22N4O6. The number of non-ortho nitro benzene ring substituents is 1. The van der Waals surface area contributed by atoms with E-state index in [0.29, 0.717) is 13.1 Å². The molecule has 2 amide bonds. The van der Waals surface area contributed by atoms with Crippen molar-refractivity contribution >= 4 is 23.2 Å².